The smallest absolute Gasteiger partial charge is 0.306 e. The minimum Gasteiger partial charge on any atom is -0.493 e. The quantitative estimate of drug-likeness (QED) is 0.496. The molecular formula is C24H24O4. The molecule has 0 fully saturated rings. The van der Waals surface area contributed by atoms with Crippen LogP contribution >= 0.6 is 0 Å². The second-order valence-electron chi connectivity index (χ2n) is 6.41. The van der Waals surface area contributed by atoms with Crippen molar-refractivity contribution in [1.29, 1.82) is 0 Å². The van der Waals surface area contributed by atoms with E-state index in [1.165, 1.54) is 0 Å². The number of esters is 1. The predicted octanol–water partition coefficient (Wildman–Crippen LogP) is 4.95. The lowest BCUT2D eigenvalue weighted by molar-refractivity contribution is -0.144. The molecule has 0 unspecified atom stereocenters. The van der Waals surface area contributed by atoms with Crippen molar-refractivity contribution >= 4 is 5.97 Å². The average Bonchev–Trinajstić information content (AvgIpc) is 2.76. The molecule has 0 spiro atoms. The summed E-state index contributed by atoms with van der Waals surface area (Å²) in [7, 11) is 1.61. The number of ether oxygens (including phenoxy) is 3. The van der Waals surface area contributed by atoms with Gasteiger partial charge in [-0.2, -0.15) is 0 Å². The third-order valence-electron chi connectivity index (χ3n) is 4.33. The Morgan fingerprint density at radius 3 is 2.11 bits per heavy atom. The largest absolute Gasteiger partial charge is 0.493 e. The highest BCUT2D eigenvalue weighted by molar-refractivity contribution is 5.69. The summed E-state index contributed by atoms with van der Waals surface area (Å²) in [5.41, 5.74) is 3.06. The highest BCUT2D eigenvalue weighted by atomic mass is 16.5. The topological polar surface area (TPSA) is 44.8 Å². The fraction of sp³-hybridized carbons (Fsp3) is 0.208. The van der Waals surface area contributed by atoms with E-state index < -0.39 is 0 Å². The first-order valence-corrected chi connectivity index (χ1v) is 9.28. The summed E-state index contributed by atoms with van der Waals surface area (Å²) in [5, 5.41) is 0. The van der Waals surface area contributed by atoms with Gasteiger partial charge in [0.15, 0.2) is 11.5 Å². The molecule has 0 radical (unpaired) electrons. The first kappa shape index (κ1) is 19.5. The summed E-state index contributed by atoms with van der Waals surface area (Å²) in [6.07, 6.45) is 1.03. The number of rotatable bonds is 9. The third-order valence-corrected chi connectivity index (χ3v) is 4.33. The lowest BCUT2D eigenvalue weighted by Gasteiger charge is -2.13. The SMILES string of the molecule is COc1ccc(COC(=O)CCc2ccccc2)cc1OCc1ccccc1. The summed E-state index contributed by atoms with van der Waals surface area (Å²) in [5.74, 6) is 1.06. The van der Waals surface area contributed by atoms with Crippen LogP contribution in [0, 0.1) is 0 Å². The van der Waals surface area contributed by atoms with Crippen molar-refractivity contribution in [2.45, 2.75) is 26.1 Å². The van der Waals surface area contributed by atoms with Gasteiger partial charge < -0.3 is 14.2 Å². The molecule has 0 aliphatic carbocycles. The standard InChI is InChI=1S/C24H24O4/c1-26-22-14-12-21(16-23(22)27-17-20-10-6-3-7-11-20)18-28-24(25)15-13-19-8-4-2-5-9-19/h2-12,14,16H,13,15,17-18H2,1H3. The molecule has 4 heteroatoms. The van der Waals surface area contributed by atoms with Gasteiger partial charge in [0.1, 0.15) is 13.2 Å². The minimum atomic E-state index is -0.216. The third kappa shape index (κ3) is 5.88. The second-order valence-corrected chi connectivity index (χ2v) is 6.41. The fourth-order valence-electron chi connectivity index (χ4n) is 2.79. The van der Waals surface area contributed by atoms with Gasteiger partial charge in [-0.25, -0.2) is 0 Å². The summed E-state index contributed by atoms with van der Waals surface area (Å²) in [4.78, 5) is 12.0. The maximum absolute atomic E-state index is 12.0. The first-order chi connectivity index (χ1) is 13.7. The Kier molecular flexibility index (Phi) is 7.08. The van der Waals surface area contributed by atoms with Crippen LogP contribution in [0.4, 0.5) is 0 Å². The van der Waals surface area contributed by atoms with Crippen LogP contribution in [0.15, 0.2) is 78.9 Å². The van der Waals surface area contributed by atoms with Crippen LogP contribution in [0.1, 0.15) is 23.1 Å². The molecule has 3 aromatic carbocycles. The van der Waals surface area contributed by atoms with Crippen LogP contribution in [0.3, 0.4) is 0 Å². The van der Waals surface area contributed by atoms with Gasteiger partial charge in [0, 0.05) is 6.42 Å². The molecule has 0 N–H and O–H groups in total. The van der Waals surface area contributed by atoms with Gasteiger partial charge in [0.05, 0.1) is 7.11 Å². The number of methoxy groups -OCH3 is 1. The maximum atomic E-state index is 12.0. The van der Waals surface area contributed by atoms with Gasteiger partial charge >= 0.3 is 5.97 Å². The number of hydrogen-bond acceptors (Lipinski definition) is 4. The van der Waals surface area contributed by atoms with Gasteiger partial charge in [-0.05, 0) is 35.2 Å². The van der Waals surface area contributed by atoms with E-state index in [2.05, 4.69) is 0 Å². The number of carbonyl (C=O) groups excluding carboxylic acids is 1. The first-order valence-electron chi connectivity index (χ1n) is 9.28. The van der Waals surface area contributed by atoms with Crippen molar-refractivity contribution in [2.24, 2.45) is 0 Å². The predicted molar refractivity (Wildman–Crippen MR) is 108 cm³/mol. The van der Waals surface area contributed by atoms with Gasteiger partial charge in [0.2, 0.25) is 0 Å². The maximum Gasteiger partial charge on any atom is 0.306 e. The van der Waals surface area contributed by atoms with Crippen molar-refractivity contribution in [3.05, 3.63) is 95.6 Å². The Bertz CT molecular complexity index is 876. The van der Waals surface area contributed by atoms with Crippen LogP contribution in [-0.4, -0.2) is 13.1 Å². The van der Waals surface area contributed by atoms with Crippen LogP contribution in [0.25, 0.3) is 0 Å². The highest BCUT2D eigenvalue weighted by Crippen LogP contribution is 2.29. The normalized spacial score (nSPS) is 10.3. The Balaban J connectivity index is 1.54. The summed E-state index contributed by atoms with van der Waals surface area (Å²) >= 11 is 0. The van der Waals surface area contributed by atoms with Gasteiger partial charge in [-0.1, -0.05) is 66.7 Å². The van der Waals surface area contributed by atoms with E-state index in [9.17, 15) is 4.79 Å². The zero-order chi connectivity index (χ0) is 19.6. The average molecular weight is 376 g/mol. The molecule has 0 saturated heterocycles. The molecule has 0 aliphatic rings. The lowest BCUT2D eigenvalue weighted by Crippen LogP contribution is -2.06. The number of hydrogen-bond donors (Lipinski definition) is 0. The molecular weight excluding hydrogens is 352 g/mol. The van der Waals surface area contributed by atoms with Crippen molar-refractivity contribution in [3.63, 3.8) is 0 Å². The molecule has 144 valence electrons. The number of aryl methyl sites for hydroxylation is 1. The van der Waals surface area contributed by atoms with Crippen molar-refractivity contribution in [2.75, 3.05) is 7.11 Å². The Hall–Kier alpha value is -3.27. The Labute approximate surface area is 165 Å². The van der Waals surface area contributed by atoms with E-state index >= 15 is 0 Å². The van der Waals surface area contributed by atoms with E-state index in [0.717, 1.165) is 16.7 Å². The molecule has 0 saturated carbocycles. The van der Waals surface area contributed by atoms with E-state index in [4.69, 9.17) is 14.2 Å². The van der Waals surface area contributed by atoms with E-state index in [1.54, 1.807) is 7.11 Å². The van der Waals surface area contributed by atoms with Crippen LogP contribution in [-0.2, 0) is 29.2 Å². The summed E-state index contributed by atoms with van der Waals surface area (Å²) in [6.45, 7) is 0.650. The summed E-state index contributed by atoms with van der Waals surface area (Å²) in [6, 6.07) is 25.4. The molecule has 0 heterocycles. The molecule has 0 bridgehead atoms. The Morgan fingerprint density at radius 2 is 1.43 bits per heavy atom. The lowest BCUT2D eigenvalue weighted by atomic mass is 10.1. The number of benzene rings is 3. The monoisotopic (exact) mass is 376 g/mol. The Morgan fingerprint density at radius 1 is 0.750 bits per heavy atom. The highest BCUT2D eigenvalue weighted by Gasteiger charge is 2.09. The minimum absolute atomic E-state index is 0.208. The van der Waals surface area contributed by atoms with Crippen molar-refractivity contribution in [1.82, 2.24) is 0 Å². The molecule has 3 aromatic rings. The van der Waals surface area contributed by atoms with Crippen LogP contribution in [0.5, 0.6) is 11.5 Å². The summed E-state index contributed by atoms with van der Waals surface area (Å²) < 4.78 is 16.7. The second kappa shape index (κ2) is 10.2. The van der Waals surface area contributed by atoms with Gasteiger partial charge in [-0.3, -0.25) is 4.79 Å². The van der Waals surface area contributed by atoms with Crippen LogP contribution < -0.4 is 9.47 Å². The molecule has 0 aromatic heterocycles. The van der Waals surface area contributed by atoms with Crippen LogP contribution in [0.2, 0.25) is 0 Å². The molecule has 3 rings (SSSR count). The van der Waals surface area contributed by atoms with E-state index in [1.807, 2.05) is 78.9 Å². The zero-order valence-electron chi connectivity index (χ0n) is 16.0. The van der Waals surface area contributed by atoms with Gasteiger partial charge in [0.25, 0.3) is 0 Å². The van der Waals surface area contributed by atoms with E-state index in [-0.39, 0.29) is 12.6 Å². The molecule has 28 heavy (non-hydrogen) atoms. The van der Waals surface area contributed by atoms with Crippen molar-refractivity contribution < 1.29 is 19.0 Å². The fourth-order valence-corrected chi connectivity index (χ4v) is 2.79. The molecule has 4 nitrogen and oxygen atoms in total. The van der Waals surface area contributed by atoms with Gasteiger partial charge in [-0.15, -0.1) is 0 Å². The van der Waals surface area contributed by atoms with Crippen molar-refractivity contribution in [3.8, 4) is 11.5 Å². The molecule has 0 aliphatic heterocycles. The molecule has 0 amide bonds. The van der Waals surface area contributed by atoms with E-state index in [0.29, 0.717) is 30.9 Å². The molecule has 0 atom stereocenters. The zero-order valence-corrected chi connectivity index (χ0v) is 16.0. The number of carbonyl (C=O) groups is 1.